The number of thiophene rings is 1. The van der Waals surface area contributed by atoms with Gasteiger partial charge in [0.1, 0.15) is 10.0 Å². The summed E-state index contributed by atoms with van der Waals surface area (Å²) >= 11 is 4.19. The van der Waals surface area contributed by atoms with Crippen molar-refractivity contribution in [3.8, 4) is 0 Å². The van der Waals surface area contributed by atoms with Crippen molar-refractivity contribution in [2.24, 2.45) is 0 Å². The molecule has 3 heterocycles. The van der Waals surface area contributed by atoms with Gasteiger partial charge in [-0.25, -0.2) is 18.2 Å². The van der Waals surface area contributed by atoms with Crippen molar-refractivity contribution in [2.45, 2.75) is 24.9 Å². The van der Waals surface area contributed by atoms with Crippen molar-refractivity contribution in [2.75, 3.05) is 23.4 Å². The molecule has 1 amide bonds. The van der Waals surface area contributed by atoms with E-state index in [9.17, 15) is 18.0 Å². The van der Waals surface area contributed by atoms with Crippen molar-refractivity contribution in [1.29, 1.82) is 0 Å². The van der Waals surface area contributed by atoms with Gasteiger partial charge in [0.15, 0.2) is 9.84 Å². The van der Waals surface area contributed by atoms with Crippen LogP contribution in [0.4, 0.5) is 5.00 Å². The monoisotopic (exact) mass is 496 g/mol. The zero-order chi connectivity index (χ0) is 22.0. The summed E-state index contributed by atoms with van der Waals surface area (Å²) in [6, 6.07) is 7.89. The molecule has 0 spiro atoms. The number of para-hydroxylation sites is 1. The number of nitrogens with zero attached hydrogens (tertiary/aromatic N) is 1. The molecule has 1 aliphatic heterocycles. The molecule has 4 rings (SSSR count). The lowest BCUT2D eigenvalue weighted by Gasteiger charge is -2.13. The average Bonchev–Trinajstić information content (AvgIpc) is 3.27. The number of carbonyl (C=O) groups is 2. The molecule has 2 aromatic heterocycles. The molecule has 1 aliphatic rings. The summed E-state index contributed by atoms with van der Waals surface area (Å²) in [5, 5.41) is 4.11. The summed E-state index contributed by atoms with van der Waals surface area (Å²) in [4.78, 5) is 30.2. The summed E-state index contributed by atoms with van der Waals surface area (Å²) in [6.07, 6.45) is 0.255. The molecule has 0 aliphatic carbocycles. The number of hydrogen-bond donors (Lipinski definition) is 1. The van der Waals surface area contributed by atoms with E-state index in [1.54, 1.807) is 18.3 Å². The van der Waals surface area contributed by atoms with Gasteiger partial charge in [-0.05, 0) is 31.0 Å². The number of esters is 1. The Hall–Kier alpha value is -1.95. The summed E-state index contributed by atoms with van der Waals surface area (Å²) in [7, 11) is -3.19. The summed E-state index contributed by atoms with van der Waals surface area (Å²) in [5.74, 6) is -0.0961. The molecular formula is C20H20N2O5S4. The van der Waals surface area contributed by atoms with E-state index >= 15 is 0 Å². The first kappa shape index (κ1) is 22.3. The molecule has 0 saturated heterocycles. The maximum absolute atomic E-state index is 12.5. The first-order chi connectivity index (χ1) is 14.9. The van der Waals surface area contributed by atoms with Gasteiger partial charge in [0, 0.05) is 10.6 Å². The van der Waals surface area contributed by atoms with E-state index in [1.165, 1.54) is 11.8 Å². The van der Waals surface area contributed by atoms with Gasteiger partial charge in [0.2, 0.25) is 5.91 Å². The smallest absolute Gasteiger partial charge is 0.341 e. The molecule has 0 saturated carbocycles. The second kappa shape index (κ2) is 9.27. The second-order valence-corrected chi connectivity index (χ2v) is 12.3. The molecule has 0 bridgehead atoms. The number of benzene rings is 1. The summed E-state index contributed by atoms with van der Waals surface area (Å²) < 4.78 is 30.2. The van der Waals surface area contributed by atoms with E-state index in [0.717, 1.165) is 26.6 Å². The van der Waals surface area contributed by atoms with Crippen LogP contribution < -0.4 is 5.32 Å². The zero-order valence-corrected chi connectivity index (χ0v) is 19.9. The third-order valence-corrected chi connectivity index (χ3v) is 9.68. The number of anilines is 1. The number of carbonyl (C=O) groups excluding carboxylic acids is 2. The van der Waals surface area contributed by atoms with Gasteiger partial charge in [-0.2, -0.15) is 0 Å². The molecule has 0 atom stereocenters. The maximum atomic E-state index is 12.5. The number of nitrogens with one attached hydrogen (secondary N) is 1. The minimum Gasteiger partial charge on any atom is -0.462 e. The van der Waals surface area contributed by atoms with E-state index in [2.05, 4.69) is 10.3 Å². The standard InChI is InChI=1S/C20H20N2O5S4/c1-2-27-20(24)18-12-7-8-31(25,26)11-15(12)30-19(18)22-16(23)9-28-10-17-21-13-5-3-4-6-14(13)29-17/h3-6H,2,7-11H2,1H3,(H,22,23). The fourth-order valence-corrected chi connectivity index (χ4v) is 8.21. The highest BCUT2D eigenvalue weighted by Gasteiger charge is 2.32. The molecule has 7 nitrogen and oxygen atoms in total. The fourth-order valence-electron chi connectivity index (χ4n) is 3.31. The van der Waals surface area contributed by atoms with Gasteiger partial charge in [0.05, 0.1) is 39.6 Å². The van der Waals surface area contributed by atoms with Gasteiger partial charge in [-0.3, -0.25) is 4.79 Å². The van der Waals surface area contributed by atoms with E-state index in [4.69, 9.17) is 4.74 Å². The predicted molar refractivity (Wildman–Crippen MR) is 126 cm³/mol. The Kier molecular flexibility index (Phi) is 6.65. The van der Waals surface area contributed by atoms with Gasteiger partial charge in [0.25, 0.3) is 0 Å². The van der Waals surface area contributed by atoms with Crippen molar-refractivity contribution in [1.82, 2.24) is 4.98 Å². The van der Waals surface area contributed by atoms with Crippen molar-refractivity contribution >= 4 is 71.4 Å². The van der Waals surface area contributed by atoms with Crippen LogP contribution in [0.3, 0.4) is 0 Å². The Morgan fingerprint density at radius 2 is 2.06 bits per heavy atom. The molecule has 164 valence electrons. The largest absolute Gasteiger partial charge is 0.462 e. The third kappa shape index (κ3) is 5.11. The lowest BCUT2D eigenvalue weighted by Crippen LogP contribution is -2.20. The second-order valence-electron chi connectivity index (χ2n) is 6.89. The molecule has 11 heteroatoms. The van der Waals surface area contributed by atoms with Crippen molar-refractivity contribution in [3.05, 3.63) is 45.3 Å². The highest BCUT2D eigenvalue weighted by atomic mass is 32.2. The highest BCUT2D eigenvalue weighted by molar-refractivity contribution is 7.99. The highest BCUT2D eigenvalue weighted by Crippen LogP contribution is 2.38. The van der Waals surface area contributed by atoms with Gasteiger partial charge >= 0.3 is 5.97 Å². The normalized spacial score (nSPS) is 14.9. The number of fused-ring (bicyclic) bond motifs is 2. The van der Waals surface area contributed by atoms with Crippen LogP contribution in [0.5, 0.6) is 0 Å². The summed E-state index contributed by atoms with van der Waals surface area (Å²) in [6.45, 7) is 1.91. The first-order valence-electron chi connectivity index (χ1n) is 9.60. The maximum Gasteiger partial charge on any atom is 0.341 e. The van der Waals surface area contributed by atoms with Gasteiger partial charge in [-0.1, -0.05) is 12.1 Å². The van der Waals surface area contributed by atoms with Crippen molar-refractivity contribution < 1.29 is 22.7 Å². The molecule has 31 heavy (non-hydrogen) atoms. The van der Waals surface area contributed by atoms with Crippen LogP contribution in [-0.2, 0) is 37.3 Å². The predicted octanol–water partition coefficient (Wildman–Crippen LogP) is 3.88. The molecular weight excluding hydrogens is 476 g/mol. The third-order valence-electron chi connectivity index (χ3n) is 4.63. The molecule has 0 radical (unpaired) electrons. The molecule has 0 unspecified atom stereocenters. The molecule has 1 N–H and O–H groups in total. The Bertz CT molecular complexity index is 1210. The van der Waals surface area contributed by atoms with Crippen LogP contribution in [-0.4, -0.2) is 43.4 Å². The topological polar surface area (TPSA) is 102 Å². The van der Waals surface area contributed by atoms with Crippen LogP contribution in [0.1, 0.15) is 32.7 Å². The van der Waals surface area contributed by atoms with Crippen LogP contribution in [0.15, 0.2) is 24.3 Å². The minimum atomic E-state index is -3.19. The van der Waals surface area contributed by atoms with E-state index in [0.29, 0.717) is 26.8 Å². The molecule has 3 aromatic rings. The Balaban J connectivity index is 1.44. The lowest BCUT2D eigenvalue weighted by atomic mass is 10.1. The Labute approximate surface area is 192 Å². The van der Waals surface area contributed by atoms with E-state index in [1.807, 2.05) is 24.3 Å². The van der Waals surface area contributed by atoms with Gasteiger partial charge in [-0.15, -0.1) is 34.4 Å². The molecule has 1 aromatic carbocycles. The zero-order valence-electron chi connectivity index (χ0n) is 16.7. The molecule has 0 fully saturated rings. The number of hydrogen-bond acceptors (Lipinski definition) is 9. The number of aromatic nitrogens is 1. The lowest BCUT2D eigenvalue weighted by molar-refractivity contribution is -0.113. The number of amides is 1. The number of ether oxygens (including phenoxy) is 1. The number of sulfone groups is 1. The van der Waals surface area contributed by atoms with Crippen LogP contribution in [0.2, 0.25) is 0 Å². The Morgan fingerprint density at radius 1 is 1.26 bits per heavy atom. The first-order valence-corrected chi connectivity index (χ1v) is 14.2. The van der Waals surface area contributed by atoms with E-state index in [-0.39, 0.29) is 36.2 Å². The Morgan fingerprint density at radius 3 is 2.84 bits per heavy atom. The minimum absolute atomic E-state index is 0.00541. The quantitative estimate of drug-likeness (QED) is 0.495. The summed E-state index contributed by atoms with van der Waals surface area (Å²) in [5.41, 5.74) is 1.92. The van der Waals surface area contributed by atoms with Crippen LogP contribution in [0.25, 0.3) is 10.2 Å². The van der Waals surface area contributed by atoms with Crippen LogP contribution in [0, 0.1) is 0 Å². The van der Waals surface area contributed by atoms with E-state index < -0.39 is 15.8 Å². The average molecular weight is 497 g/mol. The fraction of sp³-hybridized carbons (Fsp3) is 0.350. The van der Waals surface area contributed by atoms with Crippen LogP contribution >= 0.6 is 34.4 Å². The van der Waals surface area contributed by atoms with Crippen molar-refractivity contribution in [3.63, 3.8) is 0 Å². The van der Waals surface area contributed by atoms with Gasteiger partial charge < -0.3 is 10.1 Å². The number of thiazole rings is 1. The number of rotatable bonds is 7. The number of thioether (sulfide) groups is 1. The SMILES string of the molecule is CCOC(=O)c1c(NC(=O)CSCc2nc3ccccc3s2)sc2c1CCS(=O)(=O)C2.